The zero-order chi connectivity index (χ0) is 16.6. The molecule has 0 unspecified atom stereocenters. The highest BCUT2D eigenvalue weighted by Crippen LogP contribution is 2.25. The van der Waals surface area contributed by atoms with Crippen molar-refractivity contribution >= 4 is 46.1 Å². The van der Waals surface area contributed by atoms with Gasteiger partial charge in [0, 0.05) is 13.1 Å². The Balaban J connectivity index is 1.67. The summed E-state index contributed by atoms with van der Waals surface area (Å²) in [5.41, 5.74) is 11.4. The van der Waals surface area contributed by atoms with E-state index in [4.69, 9.17) is 11.5 Å². The van der Waals surface area contributed by atoms with Crippen molar-refractivity contribution in [3.05, 3.63) is 9.39 Å². The number of aliphatic imine (C=N–C) groups is 1. The van der Waals surface area contributed by atoms with Crippen LogP contribution in [0.4, 0.5) is 11.6 Å². The first-order chi connectivity index (χ1) is 10.9. The standard InChI is InChI=1S/C13H19IN8O/c1-22-4-2-13(3-5-22)6-17-12(21-13)20-11(23)7-9(15)19-10(16)8(14)18-7/h2-6H2,1H3,(H4,15,16,19)(H2,17,20,21,23). The Morgan fingerprint density at radius 1 is 1.30 bits per heavy atom. The number of nitrogens with two attached hydrogens (primary N) is 2. The minimum atomic E-state index is -0.441. The molecule has 3 rings (SSSR count). The second kappa shape index (κ2) is 6.07. The number of rotatable bonds is 1. The normalized spacial score (nSPS) is 20.2. The highest BCUT2D eigenvalue weighted by molar-refractivity contribution is 14.1. The zero-order valence-corrected chi connectivity index (χ0v) is 14.9. The van der Waals surface area contributed by atoms with E-state index in [2.05, 4.69) is 37.5 Å². The van der Waals surface area contributed by atoms with Crippen LogP contribution >= 0.6 is 22.6 Å². The average molecular weight is 430 g/mol. The van der Waals surface area contributed by atoms with Gasteiger partial charge in [0.05, 0.1) is 12.1 Å². The first-order valence-electron chi connectivity index (χ1n) is 7.30. The van der Waals surface area contributed by atoms with E-state index in [1.165, 1.54) is 0 Å². The van der Waals surface area contributed by atoms with Crippen molar-refractivity contribution in [2.24, 2.45) is 4.99 Å². The third-order valence-electron chi connectivity index (χ3n) is 4.22. The van der Waals surface area contributed by atoms with Gasteiger partial charge in [-0.05, 0) is 42.5 Å². The molecule has 0 atom stereocenters. The number of guanidine groups is 1. The minimum Gasteiger partial charge on any atom is -0.382 e. The van der Waals surface area contributed by atoms with Crippen molar-refractivity contribution in [1.82, 2.24) is 25.5 Å². The van der Waals surface area contributed by atoms with Crippen LogP contribution in [-0.2, 0) is 0 Å². The lowest BCUT2D eigenvalue weighted by molar-refractivity contribution is 0.0971. The first-order valence-corrected chi connectivity index (χ1v) is 8.37. The number of halogens is 1. The number of nitrogens with one attached hydrogen (secondary N) is 2. The second-order valence-corrected chi connectivity index (χ2v) is 6.98. The van der Waals surface area contributed by atoms with E-state index in [1.807, 2.05) is 22.6 Å². The van der Waals surface area contributed by atoms with E-state index < -0.39 is 5.91 Å². The Kier molecular flexibility index (Phi) is 4.27. The van der Waals surface area contributed by atoms with Gasteiger partial charge in [0.1, 0.15) is 3.70 Å². The van der Waals surface area contributed by atoms with Gasteiger partial charge in [0.15, 0.2) is 23.3 Å². The average Bonchev–Trinajstić information content (AvgIpc) is 2.89. The number of carbonyl (C=O) groups excluding carboxylic acids is 1. The topological polar surface area (TPSA) is 135 Å². The SMILES string of the molecule is CN1CCC2(CC1)CN=C(NC(=O)c1nc(I)c(N)nc1N)N2. The first kappa shape index (κ1) is 16.2. The van der Waals surface area contributed by atoms with Gasteiger partial charge < -0.3 is 21.7 Å². The van der Waals surface area contributed by atoms with Crippen molar-refractivity contribution in [2.45, 2.75) is 18.4 Å². The van der Waals surface area contributed by atoms with Crippen LogP contribution in [0.1, 0.15) is 23.3 Å². The third kappa shape index (κ3) is 3.32. The second-order valence-electron chi connectivity index (χ2n) is 5.96. The van der Waals surface area contributed by atoms with Crippen LogP contribution in [-0.4, -0.2) is 59.0 Å². The van der Waals surface area contributed by atoms with Gasteiger partial charge in [-0.1, -0.05) is 0 Å². The molecule has 1 spiro atoms. The predicted molar refractivity (Wildman–Crippen MR) is 95.9 cm³/mol. The van der Waals surface area contributed by atoms with Crippen molar-refractivity contribution in [3.8, 4) is 0 Å². The summed E-state index contributed by atoms with van der Waals surface area (Å²) >= 11 is 1.91. The maximum Gasteiger partial charge on any atom is 0.280 e. The number of nitrogens with zero attached hydrogens (tertiary/aromatic N) is 4. The third-order valence-corrected chi connectivity index (χ3v) is 5.01. The highest BCUT2D eigenvalue weighted by Gasteiger charge is 2.38. The molecule has 124 valence electrons. The summed E-state index contributed by atoms with van der Waals surface area (Å²) in [7, 11) is 2.11. The molecule has 2 aliphatic heterocycles. The fraction of sp³-hybridized carbons (Fsp3) is 0.538. The fourth-order valence-corrected chi connectivity index (χ4v) is 3.10. The van der Waals surface area contributed by atoms with E-state index in [-0.39, 0.29) is 22.9 Å². The molecule has 6 N–H and O–H groups in total. The molecule has 9 nitrogen and oxygen atoms in total. The molecule has 10 heteroatoms. The van der Waals surface area contributed by atoms with Crippen molar-refractivity contribution in [1.29, 1.82) is 0 Å². The molecule has 1 aromatic heterocycles. The molecule has 23 heavy (non-hydrogen) atoms. The lowest BCUT2D eigenvalue weighted by Gasteiger charge is -2.37. The summed E-state index contributed by atoms with van der Waals surface area (Å²) in [6.07, 6.45) is 1.99. The van der Waals surface area contributed by atoms with E-state index in [1.54, 1.807) is 0 Å². The van der Waals surface area contributed by atoms with E-state index in [0.717, 1.165) is 25.9 Å². The van der Waals surface area contributed by atoms with Gasteiger partial charge in [0.25, 0.3) is 5.91 Å². The fourth-order valence-electron chi connectivity index (χ4n) is 2.74. The molecule has 3 heterocycles. The molecule has 0 radical (unpaired) electrons. The smallest absolute Gasteiger partial charge is 0.280 e. The van der Waals surface area contributed by atoms with Crippen LogP contribution < -0.4 is 22.1 Å². The summed E-state index contributed by atoms with van der Waals surface area (Å²) < 4.78 is 0.440. The Bertz CT molecular complexity index is 668. The van der Waals surface area contributed by atoms with Crippen LogP contribution in [0.3, 0.4) is 0 Å². The molecule has 1 saturated heterocycles. The Morgan fingerprint density at radius 3 is 2.70 bits per heavy atom. The summed E-state index contributed by atoms with van der Waals surface area (Å²) in [6.45, 7) is 2.69. The van der Waals surface area contributed by atoms with Crippen LogP contribution in [0.5, 0.6) is 0 Å². The minimum absolute atomic E-state index is 0.00742. The highest BCUT2D eigenvalue weighted by atomic mass is 127. The zero-order valence-electron chi connectivity index (χ0n) is 12.8. The van der Waals surface area contributed by atoms with E-state index >= 15 is 0 Å². The Morgan fingerprint density at radius 2 is 2.00 bits per heavy atom. The number of amides is 1. The molecule has 0 aliphatic carbocycles. The molecule has 0 bridgehead atoms. The maximum absolute atomic E-state index is 12.3. The van der Waals surface area contributed by atoms with Crippen LogP contribution in [0.2, 0.25) is 0 Å². The molecular formula is C13H19IN8O. The van der Waals surface area contributed by atoms with Crippen molar-refractivity contribution in [3.63, 3.8) is 0 Å². The van der Waals surface area contributed by atoms with Gasteiger partial charge in [0.2, 0.25) is 0 Å². The summed E-state index contributed by atoms with van der Waals surface area (Å²) in [4.78, 5) is 27.1. The molecular weight excluding hydrogens is 411 g/mol. The lowest BCUT2D eigenvalue weighted by Crippen LogP contribution is -2.55. The monoisotopic (exact) mass is 430 g/mol. The van der Waals surface area contributed by atoms with Crippen molar-refractivity contribution < 1.29 is 4.79 Å². The molecule has 1 amide bonds. The molecule has 1 aromatic rings. The predicted octanol–water partition coefficient (Wildman–Crippen LogP) is -0.601. The quantitative estimate of drug-likeness (QED) is 0.437. The number of carbonyl (C=O) groups is 1. The summed E-state index contributed by atoms with van der Waals surface area (Å²) in [5, 5.41) is 6.07. The molecule has 0 saturated carbocycles. The Hall–Kier alpha value is -1.69. The molecule has 0 aromatic carbocycles. The number of anilines is 2. The van der Waals surface area contributed by atoms with Crippen LogP contribution in [0.25, 0.3) is 0 Å². The number of aromatic nitrogens is 2. The van der Waals surface area contributed by atoms with E-state index in [9.17, 15) is 4.79 Å². The van der Waals surface area contributed by atoms with Crippen molar-refractivity contribution in [2.75, 3.05) is 38.1 Å². The maximum atomic E-state index is 12.3. The van der Waals surface area contributed by atoms with E-state index in [0.29, 0.717) is 16.2 Å². The number of hydrogen-bond donors (Lipinski definition) is 4. The number of likely N-dealkylation sites (tertiary alicyclic amines) is 1. The van der Waals surface area contributed by atoms with Crippen LogP contribution in [0, 0.1) is 3.70 Å². The number of nitrogen functional groups attached to an aromatic ring is 2. The number of hydrogen-bond acceptors (Lipinski definition) is 8. The summed E-state index contributed by atoms with van der Waals surface area (Å²) in [6, 6.07) is 0. The Labute approximate surface area is 147 Å². The lowest BCUT2D eigenvalue weighted by atomic mass is 9.88. The molecule has 1 fully saturated rings. The largest absolute Gasteiger partial charge is 0.382 e. The number of piperidine rings is 1. The van der Waals surface area contributed by atoms with Gasteiger partial charge in [-0.2, -0.15) is 0 Å². The summed E-state index contributed by atoms with van der Waals surface area (Å²) in [5.74, 6) is 0.242. The van der Waals surface area contributed by atoms with Gasteiger partial charge in [-0.3, -0.25) is 15.1 Å². The van der Waals surface area contributed by atoms with Crippen LogP contribution in [0.15, 0.2) is 4.99 Å². The van der Waals surface area contributed by atoms with Gasteiger partial charge in [-0.15, -0.1) is 0 Å². The molecule has 2 aliphatic rings. The van der Waals surface area contributed by atoms with Gasteiger partial charge >= 0.3 is 0 Å². The van der Waals surface area contributed by atoms with Gasteiger partial charge in [-0.25, -0.2) is 9.97 Å².